The smallest absolute Gasteiger partial charge is 0.259 e. The van der Waals surface area contributed by atoms with E-state index in [1.165, 1.54) is 0 Å². The van der Waals surface area contributed by atoms with E-state index in [9.17, 15) is 4.79 Å². The molecule has 0 bridgehead atoms. The summed E-state index contributed by atoms with van der Waals surface area (Å²) in [5.74, 6) is 1.94. The topological polar surface area (TPSA) is 77.7 Å². The van der Waals surface area contributed by atoms with Gasteiger partial charge in [0, 0.05) is 48.4 Å². The van der Waals surface area contributed by atoms with Gasteiger partial charge in [-0.1, -0.05) is 5.16 Å². The molecule has 7 nitrogen and oxygen atoms in total. The monoisotopic (exact) mass is 371 g/mol. The fraction of sp³-hybridized carbons (Fsp3) is 0.550. The molecule has 0 radical (unpaired) electrons. The van der Waals surface area contributed by atoms with E-state index in [1.807, 2.05) is 30.9 Å². The molecule has 4 heterocycles. The SMILES string of the molecule is Cc1cc(OC[C@H]2CO[C@@H]3CN(C(=O)c4c(C)noc4C)C[C@H]23)cc(C)n1. The molecule has 2 aromatic heterocycles. The van der Waals surface area contributed by atoms with Crippen molar-refractivity contribution in [3.63, 3.8) is 0 Å². The molecular weight excluding hydrogens is 346 g/mol. The highest BCUT2D eigenvalue weighted by atomic mass is 16.5. The molecule has 0 N–H and O–H groups in total. The van der Waals surface area contributed by atoms with Gasteiger partial charge in [-0.25, -0.2) is 0 Å². The van der Waals surface area contributed by atoms with Gasteiger partial charge in [0.15, 0.2) is 0 Å². The van der Waals surface area contributed by atoms with Crippen molar-refractivity contribution in [1.29, 1.82) is 0 Å². The number of carbonyl (C=O) groups excluding carboxylic acids is 1. The van der Waals surface area contributed by atoms with E-state index >= 15 is 0 Å². The minimum atomic E-state index is -0.0238. The third-order valence-electron chi connectivity index (χ3n) is 5.49. The van der Waals surface area contributed by atoms with Gasteiger partial charge in [0.25, 0.3) is 5.91 Å². The van der Waals surface area contributed by atoms with Crippen LogP contribution in [0.2, 0.25) is 0 Å². The Morgan fingerprint density at radius 1 is 1.22 bits per heavy atom. The van der Waals surface area contributed by atoms with Crippen molar-refractivity contribution in [1.82, 2.24) is 15.0 Å². The molecule has 2 aliphatic rings. The maximum absolute atomic E-state index is 12.9. The van der Waals surface area contributed by atoms with Crippen LogP contribution in [0.1, 0.15) is 33.2 Å². The first-order chi connectivity index (χ1) is 12.9. The summed E-state index contributed by atoms with van der Waals surface area (Å²) in [5, 5.41) is 3.89. The Hall–Kier alpha value is -2.41. The predicted molar refractivity (Wildman–Crippen MR) is 97.8 cm³/mol. The van der Waals surface area contributed by atoms with Crippen molar-refractivity contribution in [3.05, 3.63) is 40.5 Å². The van der Waals surface area contributed by atoms with E-state index < -0.39 is 0 Å². The molecule has 0 aliphatic carbocycles. The van der Waals surface area contributed by atoms with Crippen LogP contribution in [0, 0.1) is 39.5 Å². The van der Waals surface area contributed by atoms with Crippen molar-refractivity contribution in [2.24, 2.45) is 11.8 Å². The Morgan fingerprint density at radius 3 is 2.63 bits per heavy atom. The first kappa shape index (κ1) is 18.0. The highest BCUT2D eigenvalue weighted by molar-refractivity contribution is 5.96. The van der Waals surface area contributed by atoms with Gasteiger partial charge >= 0.3 is 0 Å². The molecule has 0 spiro atoms. The second-order valence-electron chi connectivity index (χ2n) is 7.60. The molecule has 2 saturated heterocycles. The molecule has 2 fully saturated rings. The molecule has 144 valence electrons. The molecule has 27 heavy (non-hydrogen) atoms. The van der Waals surface area contributed by atoms with Crippen LogP contribution in [0.5, 0.6) is 5.75 Å². The maximum Gasteiger partial charge on any atom is 0.259 e. The number of aryl methyl sites for hydroxylation is 4. The third-order valence-corrected chi connectivity index (χ3v) is 5.49. The fourth-order valence-corrected chi connectivity index (χ4v) is 4.17. The molecule has 0 saturated carbocycles. The van der Waals surface area contributed by atoms with Gasteiger partial charge in [-0.15, -0.1) is 0 Å². The van der Waals surface area contributed by atoms with Gasteiger partial charge in [-0.05, 0) is 27.7 Å². The van der Waals surface area contributed by atoms with Crippen molar-refractivity contribution < 1.29 is 18.8 Å². The molecule has 2 aliphatic heterocycles. The van der Waals surface area contributed by atoms with Crippen molar-refractivity contribution in [3.8, 4) is 5.75 Å². The van der Waals surface area contributed by atoms with Gasteiger partial charge < -0.3 is 18.9 Å². The van der Waals surface area contributed by atoms with Crippen molar-refractivity contribution >= 4 is 5.91 Å². The van der Waals surface area contributed by atoms with E-state index in [0.717, 1.165) is 17.1 Å². The number of carbonyl (C=O) groups is 1. The van der Waals surface area contributed by atoms with Gasteiger partial charge in [0.05, 0.1) is 25.0 Å². The van der Waals surface area contributed by atoms with E-state index in [0.29, 0.717) is 49.2 Å². The number of hydrogen-bond acceptors (Lipinski definition) is 6. The van der Waals surface area contributed by atoms with E-state index in [-0.39, 0.29) is 17.9 Å². The van der Waals surface area contributed by atoms with Crippen LogP contribution in [0.15, 0.2) is 16.7 Å². The van der Waals surface area contributed by atoms with Crippen molar-refractivity contribution in [2.45, 2.75) is 33.8 Å². The van der Waals surface area contributed by atoms with E-state index in [2.05, 4.69) is 10.1 Å². The highest BCUT2D eigenvalue weighted by Gasteiger charge is 2.46. The quantitative estimate of drug-likeness (QED) is 0.822. The Balaban J connectivity index is 1.40. The van der Waals surface area contributed by atoms with Crippen LogP contribution in [0.4, 0.5) is 0 Å². The summed E-state index contributed by atoms with van der Waals surface area (Å²) in [7, 11) is 0. The first-order valence-electron chi connectivity index (χ1n) is 9.34. The molecule has 1 amide bonds. The average molecular weight is 371 g/mol. The van der Waals surface area contributed by atoms with E-state index in [1.54, 1.807) is 13.8 Å². The number of nitrogens with zero attached hydrogens (tertiary/aromatic N) is 3. The molecular formula is C20H25N3O4. The Labute approximate surface area is 158 Å². The normalized spacial score (nSPS) is 24.3. The zero-order valence-corrected chi connectivity index (χ0v) is 16.2. The summed E-state index contributed by atoms with van der Waals surface area (Å²) in [6.45, 7) is 10.0. The number of pyridine rings is 1. The van der Waals surface area contributed by atoms with E-state index in [4.69, 9.17) is 14.0 Å². The first-order valence-corrected chi connectivity index (χ1v) is 9.34. The predicted octanol–water partition coefficient (Wildman–Crippen LogP) is 2.47. The lowest BCUT2D eigenvalue weighted by Crippen LogP contribution is -2.32. The van der Waals surface area contributed by atoms with Gasteiger partial charge in [-0.2, -0.15) is 0 Å². The molecule has 7 heteroatoms. The largest absolute Gasteiger partial charge is 0.493 e. The Morgan fingerprint density at radius 2 is 1.96 bits per heavy atom. The summed E-state index contributed by atoms with van der Waals surface area (Å²) < 4.78 is 17.1. The zero-order valence-electron chi connectivity index (χ0n) is 16.2. The number of rotatable bonds is 4. The zero-order chi connectivity index (χ0) is 19.1. The minimum absolute atomic E-state index is 0.0238. The second kappa shape index (κ2) is 6.96. The summed E-state index contributed by atoms with van der Waals surface area (Å²) in [5.41, 5.74) is 3.11. The molecule has 4 rings (SSSR count). The van der Waals surface area contributed by atoms with Crippen LogP contribution in [-0.4, -0.2) is 53.4 Å². The van der Waals surface area contributed by atoms with Crippen LogP contribution in [0.3, 0.4) is 0 Å². The Kier molecular flexibility index (Phi) is 4.63. The second-order valence-corrected chi connectivity index (χ2v) is 7.60. The number of fused-ring (bicyclic) bond motifs is 1. The molecule has 3 atom stereocenters. The number of likely N-dealkylation sites (tertiary alicyclic amines) is 1. The number of ether oxygens (including phenoxy) is 2. The Bertz CT molecular complexity index is 823. The average Bonchev–Trinajstić information content (AvgIpc) is 3.27. The summed E-state index contributed by atoms with van der Waals surface area (Å²) in [6.07, 6.45) is 0.0731. The number of hydrogen-bond donors (Lipinski definition) is 0. The lowest BCUT2D eigenvalue weighted by Gasteiger charge is -2.20. The minimum Gasteiger partial charge on any atom is -0.493 e. The van der Waals surface area contributed by atoms with Gasteiger partial charge in [0.1, 0.15) is 17.1 Å². The lowest BCUT2D eigenvalue weighted by molar-refractivity contribution is 0.0659. The lowest BCUT2D eigenvalue weighted by atomic mass is 9.94. The van der Waals surface area contributed by atoms with Crippen molar-refractivity contribution in [2.75, 3.05) is 26.3 Å². The molecule has 0 aromatic carbocycles. The summed E-state index contributed by atoms with van der Waals surface area (Å²) in [4.78, 5) is 19.1. The fourth-order valence-electron chi connectivity index (χ4n) is 4.17. The highest BCUT2D eigenvalue weighted by Crippen LogP contribution is 2.35. The van der Waals surface area contributed by atoms with Gasteiger partial charge in [-0.3, -0.25) is 9.78 Å². The number of aromatic nitrogens is 2. The van der Waals surface area contributed by atoms with Crippen LogP contribution in [0.25, 0.3) is 0 Å². The molecule has 2 aromatic rings. The summed E-state index contributed by atoms with van der Waals surface area (Å²) in [6, 6.07) is 3.89. The number of amides is 1. The summed E-state index contributed by atoms with van der Waals surface area (Å²) >= 11 is 0. The van der Waals surface area contributed by atoms with Crippen LogP contribution in [-0.2, 0) is 4.74 Å². The van der Waals surface area contributed by atoms with Crippen LogP contribution < -0.4 is 4.74 Å². The maximum atomic E-state index is 12.9. The van der Waals surface area contributed by atoms with Crippen LogP contribution >= 0.6 is 0 Å². The van der Waals surface area contributed by atoms with Gasteiger partial charge in [0.2, 0.25) is 0 Å². The third kappa shape index (κ3) is 3.43. The standard InChI is InChI=1S/C20H25N3O4/c1-11-5-16(6-12(2)21-11)25-9-15-10-26-18-8-23(7-17(15)18)20(24)19-13(3)22-27-14(19)4/h5-6,15,17-18H,7-10H2,1-4H3/t15-,17+,18+/m0/s1. The molecule has 0 unspecified atom stereocenters.